The van der Waals surface area contributed by atoms with Crippen LogP contribution >= 0.6 is 22.7 Å². The van der Waals surface area contributed by atoms with Gasteiger partial charge in [0.25, 0.3) is 11.8 Å². The second-order valence-electron chi connectivity index (χ2n) is 5.07. The van der Waals surface area contributed by atoms with Crippen molar-refractivity contribution in [3.05, 3.63) is 80.2 Å². The van der Waals surface area contributed by atoms with Gasteiger partial charge >= 0.3 is 0 Å². The number of hydrogen-bond donors (Lipinski definition) is 2. The molecule has 0 radical (unpaired) electrons. The van der Waals surface area contributed by atoms with Crippen molar-refractivity contribution in [1.29, 1.82) is 0 Å². The zero-order valence-corrected chi connectivity index (χ0v) is 14.5. The Kier molecular flexibility index (Phi) is 5.40. The largest absolute Gasteiger partial charge is 0.347 e. The van der Waals surface area contributed by atoms with Crippen molar-refractivity contribution in [3.8, 4) is 0 Å². The SMILES string of the molecule is O=C(NCc1cccs1)c1ccccc1C(=O)NCc1cccs1. The number of thiophene rings is 2. The van der Waals surface area contributed by atoms with Gasteiger partial charge in [-0.3, -0.25) is 9.59 Å². The quantitative estimate of drug-likeness (QED) is 0.708. The smallest absolute Gasteiger partial charge is 0.252 e. The summed E-state index contributed by atoms with van der Waals surface area (Å²) in [5.41, 5.74) is 0.774. The molecule has 3 aromatic rings. The second-order valence-corrected chi connectivity index (χ2v) is 7.13. The number of benzene rings is 1. The summed E-state index contributed by atoms with van der Waals surface area (Å²) in [4.78, 5) is 27.0. The molecule has 0 bridgehead atoms. The molecule has 2 heterocycles. The molecule has 0 atom stereocenters. The monoisotopic (exact) mass is 356 g/mol. The molecule has 2 amide bonds. The first-order chi connectivity index (χ1) is 11.7. The predicted molar refractivity (Wildman–Crippen MR) is 97.4 cm³/mol. The number of carbonyl (C=O) groups excluding carboxylic acids is 2. The van der Waals surface area contributed by atoms with Crippen molar-refractivity contribution in [2.45, 2.75) is 13.1 Å². The van der Waals surface area contributed by atoms with Gasteiger partial charge in [0.05, 0.1) is 24.2 Å². The van der Waals surface area contributed by atoms with Crippen molar-refractivity contribution in [2.24, 2.45) is 0 Å². The minimum Gasteiger partial charge on any atom is -0.347 e. The van der Waals surface area contributed by atoms with Gasteiger partial charge in [0.15, 0.2) is 0 Å². The molecule has 4 nitrogen and oxygen atoms in total. The Morgan fingerprint density at radius 1 is 0.708 bits per heavy atom. The van der Waals surface area contributed by atoms with Crippen LogP contribution in [0.2, 0.25) is 0 Å². The average molecular weight is 356 g/mol. The van der Waals surface area contributed by atoms with Gasteiger partial charge in [-0.05, 0) is 35.0 Å². The molecule has 0 saturated carbocycles. The van der Waals surface area contributed by atoms with E-state index in [4.69, 9.17) is 0 Å². The van der Waals surface area contributed by atoms with Crippen molar-refractivity contribution in [3.63, 3.8) is 0 Å². The number of nitrogens with one attached hydrogen (secondary N) is 2. The summed E-state index contributed by atoms with van der Waals surface area (Å²) in [6.45, 7) is 0.920. The first-order valence-corrected chi connectivity index (χ1v) is 9.20. The van der Waals surface area contributed by atoms with Crippen LogP contribution in [0.15, 0.2) is 59.3 Å². The molecule has 24 heavy (non-hydrogen) atoms. The topological polar surface area (TPSA) is 58.2 Å². The highest BCUT2D eigenvalue weighted by Crippen LogP contribution is 2.12. The molecule has 6 heteroatoms. The molecule has 0 aliphatic carbocycles. The van der Waals surface area contributed by atoms with E-state index in [1.54, 1.807) is 46.9 Å². The molecule has 0 spiro atoms. The molecule has 0 aliphatic rings. The van der Waals surface area contributed by atoms with Crippen molar-refractivity contribution in [1.82, 2.24) is 10.6 Å². The van der Waals surface area contributed by atoms with Crippen molar-refractivity contribution >= 4 is 34.5 Å². The molecule has 0 aliphatic heterocycles. The maximum atomic E-state index is 12.4. The second kappa shape index (κ2) is 7.90. The normalized spacial score (nSPS) is 10.3. The van der Waals surface area contributed by atoms with E-state index in [1.165, 1.54) is 0 Å². The highest BCUT2D eigenvalue weighted by molar-refractivity contribution is 7.10. The van der Waals surface area contributed by atoms with Crippen LogP contribution in [0.5, 0.6) is 0 Å². The Labute approximate surface area is 148 Å². The lowest BCUT2D eigenvalue weighted by Crippen LogP contribution is -2.28. The number of hydrogen-bond acceptors (Lipinski definition) is 4. The lowest BCUT2D eigenvalue weighted by atomic mass is 10.1. The lowest BCUT2D eigenvalue weighted by molar-refractivity contribution is 0.0917. The number of amides is 2. The standard InChI is InChI=1S/C18H16N2O2S2/c21-17(19-11-13-5-3-9-23-13)15-7-1-2-8-16(15)18(22)20-12-14-6-4-10-24-14/h1-10H,11-12H2,(H,19,21)(H,20,22). The number of carbonyl (C=O) groups is 2. The van der Waals surface area contributed by atoms with E-state index in [1.807, 2.05) is 35.0 Å². The average Bonchev–Trinajstić information content (AvgIpc) is 3.31. The Morgan fingerprint density at radius 2 is 1.17 bits per heavy atom. The van der Waals surface area contributed by atoms with E-state index in [0.717, 1.165) is 9.75 Å². The maximum Gasteiger partial charge on any atom is 0.252 e. The van der Waals surface area contributed by atoms with Gasteiger partial charge in [0.1, 0.15) is 0 Å². The summed E-state index contributed by atoms with van der Waals surface area (Å²) >= 11 is 3.17. The zero-order chi connectivity index (χ0) is 16.8. The third-order valence-electron chi connectivity index (χ3n) is 3.42. The van der Waals surface area contributed by atoms with Crippen molar-refractivity contribution in [2.75, 3.05) is 0 Å². The lowest BCUT2D eigenvalue weighted by Gasteiger charge is -2.10. The molecule has 1 aromatic carbocycles. The summed E-state index contributed by atoms with van der Waals surface area (Å²) in [6.07, 6.45) is 0. The molecule has 122 valence electrons. The fourth-order valence-corrected chi connectivity index (χ4v) is 3.52. The molecular weight excluding hydrogens is 340 g/mol. The molecule has 2 N–H and O–H groups in total. The third kappa shape index (κ3) is 4.10. The van der Waals surface area contributed by atoms with Gasteiger partial charge in [-0.25, -0.2) is 0 Å². The minimum atomic E-state index is -0.245. The highest BCUT2D eigenvalue weighted by Gasteiger charge is 2.16. The van der Waals surface area contributed by atoms with Gasteiger partial charge in [0, 0.05) is 9.75 Å². The minimum absolute atomic E-state index is 0.245. The molecule has 2 aromatic heterocycles. The van der Waals surface area contributed by atoms with Crippen LogP contribution in [-0.2, 0) is 13.1 Å². The highest BCUT2D eigenvalue weighted by atomic mass is 32.1. The van der Waals surface area contributed by atoms with Gasteiger partial charge in [-0.15, -0.1) is 22.7 Å². The fourth-order valence-electron chi connectivity index (χ4n) is 2.23. The van der Waals surface area contributed by atoms with Gasteiger partial charge < -0.3 is 10.6 Å². The Hall–Kier alpha value is -2.44. The van der Waals surface area contributed by atoms with E-state index in [2.05, 4.69) is 10.6 Å². The van der Waals surface area contributed by atoms with Crippen LogP contribution < -0.4 is 10.6 Å². The van der Waals surface area contributed by atoms with Crippen LogP contribution in [0.1, 0.15) is 30.5 Å². The molecule has 3 rings (SSSR count). The van der Waals surface area contributed by atoms with Crippen LogP contribution in [0.25, 0.3) is 0 Å². The van der Waals surface area contributed by atoms with Gasteiger partial charge in [-0.2, -0.15) is 0 Å². The van der Waals surface area contributed by atoms with E-state index in [9.17, 15) is 9.59 Å². The van der Waals surface area contributed by atoms with E-state index in [-0.39, 0.29) is 11.8 Å². The van der Waals surface area contributed by atoms with Gasteiger partial charge in [0.2, 0.25) is 0 Å². The third-order valence-corrected chi connectivity index (χ3v) is 5.18. The van der Waals surface area contributed by atoms with Crippen LogP contribution in [0.3, 0.4) is 0 Å². The molecule has 0 fully saturated rings. The first-order valence-electron chi connectivity index (χ1n) is 7.44. The predicted octanol–water partition coefficient (Wildman–Crippen LogP) is 3.67. The van der Waals surface area contributed by atoms with Crippen LogP contribution in [0.4, 0.5) is 0 Å². The fraction of sp³-hybridized carbons (Fsp3) is 0.111. The van der Waals surface area contributed by atoms with Crippen molar-refractivity contribution < 1.29 is 9.59 Å². The summed E-state index contributed by atoms with van der Waals surface area (Å²) in [7, 11) is 0. The van der Waals surface area contributed by atoms with Crippen LogP contribution in [0, 0.1) is 0 Å². The first kappa shape index (κ1) is 16.4. The van der Waals surface area contributed by atoms with E-state index < -0.39 is 0 Å². The Morgan fingerprint density at radius 3 is 1.54 bits per heavy atom. The van der Waals surface area contributed by atoms with Gasteiger partial charge in [-0.1, -0.05) is 24.3 Å². The maximum absolute atomic E-state index is 12.4. The van der Waals surface area contributed by atoms with Crippen LogP contribution in [-0.4, -0.2) is 11.8 Å². The summed E-state index contributed by atoms with van der Waals surface area (Å²) in [6, 6.07) is 14.7. The summed E-state index contributed by atoms with van der Waals surface area (Å²) < 4.78 is 0. The van der Waals surface area contributed by atoms with E-state index >= 15 is 0 Å². The summed E-state index contributed by atoms with van der Waals surface area (Å²) in [5, 5.41) is 9.65. The summed E-state index contributed by atoms with van der Waals surface area (Å²) in [5.74, 6) is -0.490. The number of rotatable bonds is 6. The zero-order valence-electron chi connectivity index (χ0n) is 12.8. The Bertz CT molecular complexity index is 742. The molecule has 0 saturated heterocycles. The molecular formula is C18H16N2O2S2. The Balaban J connectivity index is 1.67. The molecule has 0 unspecified atom stereocenters. The van der Waals surface area contributed by atoms with E-state index in [0.29, 0.717) is 24.2 Å².